The van der Waals surface area contributed by atoms with Crippen molar-refractivity contribution >= 4 is 40.8 Å². The molecular weight excluding hydrogens is 351 g/mol. The fourth-order valence-electron chi connectivity index (χ4n) is 1.95. The van der Waals surface area contributed by atoms with Gasteiger partial charge in [-0.2, -0.15) is 13.2 Å². The summed E-state index contributed by atoms with van der Waals surface area (Å²) in [6, 6.07) is 16.4. The van der Waals surface area contributed by atoms with Gasteiger partial charge in [0.15, 0.2) is 19.5 Å². The standard InChI is InChI=1S/C13H8NS.CHF3O3S/c14-9-15-12-7-3-1-5-10(12)11-6-2-4-8-13(11)15;2-1(3,4)8(5,6)7/h1-8H;(H,5,6,7)/q+1;/p-1. The van der Waals surface area contributed by atoms with E-state index in [1.165, 1.54) is 20.2 Å². The van der Waals surface area contributed by atoms with Gasteiger partial charge in [0, 0.05) is 10.8 Å². The van der Waals surface area contributed by atoms with Crippen molar-refractivity contribution in [1.82, 2.24) is 0 Å². The molecule has 0 atom stereocenters. The highest BCUT2D eigenvalue weighted by molar-refractivity contribution is 7.86. The number of nitriles is 1. The van der Waals surface area contributed by atoms with Crippen LogP contribution >= 0.6 is 10.5 Å². The second kappa shape index (κ2) is 6.16. The number of hydrogen-bond acceptors (Lipinski definition) is 4. The maximum Gasteiger partial charge on any atom is 0.485 e. The molecule has 4 nitrogen and oxygen atoms in total. The predicted octanol–water partition coefficient (Wildman–Crippen LogP) is 4.12. The number of halogens is 3. The van der Waals surface area contributed by atoms with Crippen LogP contribution in [0.4, 0.5) is 13.2 Å². The Morgan fingerprint density at radius 2 is 1.30 bits per heavy atom. The predicted molar refractivity (Wildman–Crippen MR) is 80.7 cm³/mol. The summed E-state index contributed by atoms with van der Waals surface area (Å²) in [7, 11) is -6.47. The minimum Gasteiger partial charge on any atom is -0.741 e. The van der Waals surface area contributed by atoms with Crippen molar-refractivity contribution in [2.45, 2.75) is 5.51 Å². The molecule has 0 bridgehead atoms. The van der Waals surface area contributed by atoms with Crippen LogP contribution in [0.1, 0.15) is 0 Å². The highest BCUT2D eigenvalue weighted by Crippen LogP contribution is 2.41. The van der Waals surface area contributed by atoms with Gasteiger partial charge in [0.2, 0.25) is 0 Å². The minimum absolute atomic E-state index is 0.379. The van der Waals surface area contributed by atoms with Gasteiger partial charge >= 0.3 is 10.9 Å². The summed E-state index contributed by atoms with van der Waals surface area (Å²) >= 11 is 0. The topological polar surface area (TPSA) is 81.0 Å². The summed E-state index contributed by atoms with van der Waals surface area (Å²) in [5.74, 6) is 0. The second-order valence-corrected chi connectivity index (χ2v) is 7.34. The van der Waals surface area contributed by atoms with Gasteiger partial charge in [-0.1, -0.05) is 24.3 Å². The lowest BCUT2D eigenvalue weighted by molar-refractivity contribution is -0.0517. The van der Waals surface area contributed by atoms with E-state index in [2.05, 4.69) is 29.7 Å². The van der Waals surface area contributed by atoms with Crippen molar-refractivity contribution < 1.29 is 26.1 Å². The number of fused-ring (bicyclic) bond motifs is 3. The smallest absolute Gasteiger partial charge is 0.485 e. The Kier molecular flexibility index (Phi) is 4.61. The van der Waals surface area contributed by atoms with E-state index >= 15 is 0 Å². The molecule has 3 rings (SSSR count). The van der Waals surface area contributed by atoms with Gasteiger partial charge in [-0.3, -0.25) is 0 Å². The van der Waals surface area contributed by atoms with Crippen LogP contribution in [0.5, 0.6) is 0 Å². The molecule has 1 aromatic heterocycles. The van der Waals surface area contributed by atoms with Crippen molar-refractivity contribution in [2.75, 3.05) is 0 Å². The van der Waals surface area contributed by atoms with Crippen LogP contribution in [-0.4, -0.2) is 18.5 Å². The largest absolute Gasteiger partial charge is 0.741 e. The van der Waals surface area contributed by atoms with Crippen LogP contribution in [0.3, 0.4) is 0 Å². The summed E-state index contributed by atoms with van der Waals surface area (Å²) in [6.45, 7) is 0. The Bertz CT molecular complexity index is 948. The van der Waals surface area contributed by atoms with Gasteiger partial charge in [0.25, 0.3) is 0 Å². The van der Waals surface area contributed by atoms with Gasteiger partial charge < -0.3 is 4.55 Å². The van der Waals surface area contributed by atoms with Crippen molar-refractivity contribution in [1.29, 1.82) is 5.26 Å². The average Bonchev–Trinajstić information content (AvgIpc) is 2.80. The number of hydrogen-bond donors (Lipinski definition) is 0. The van der Waals surface area contributed by atoms with Crippen molar-refractivity contribution in [3.8, 4) is 5.40 Å². The molecule has 0 unspecified atom stereocenters. The number of alkyl halides is 3. The number of nitrogens with zero attached hydrogens (tertiary/aromatic N) is 1. The lowest BCUT2D eigenvalue weighted by Crippen LogP contribution is -2.21. The summed E-state index contributed by atoms with van der Waals surface area (Å²) < 4.78 is 61.2. The molecule has 1 heterocycles. The first-order valence-electron chi connectivity index (χ1n) is 6.01. The molecule has 3 aromatic rings. The lowest BCUT2D eigenvalue weighted by atomic mass is 10.2. The third-order valence-corrected chi connectivity index (χ3v) is 5.22. The fraction of sp³-hybridized carbons (Fsp3) is 0.0714. The number of benzene rings is 2. The van der Waals surface area contributed by atoms with Gasteiger partial charge in [-0.15, -0.1) is 5.26 Å². The molecule has 0 aliphatic heterocycles. The summed E-state index contributed by atoms with van der Waals surface area (Å²) in [4.78, 5) is 0. The van der Waals surface area contributed by atoms with E-state index in [-0.39, 0.29) is 10.5 Å². The molecule has 0 aliphatic carbocycles. The maximum atomic E-state index is 10.7. The number of thiophene rings is 1. The van der Waals surface area contributed by atoms with Gasteiger partial charge in [-0.25, -0.2) is 8.42 Å². The summed E-state index contributed by atoms with van der Waals surface area (Å²) in [6.07, 6.45) is 0. The molecule has 0 N–H and O–H groups in total. The van der Waals surface area contributed by atoms with Gasteiger partial charge in [0.05, 0.1) is 0 Å². The third-order valence-electron chi connectivity index (χ3n) is 2.88. The van der Waals surface area contributed by atoms with Crippen LogP contribution in [0.2, 0.25) is 0 Å². The minimum atomic E-state index is -6.09. The monoisotopic (exact) mass is 359 g/mol. The normalized spacial score (nSPS) is 11.8. The van der Waals surface area contributed by atoms with Crippen molar-refractivity contribution in [3.63, 3.8) is 0 Å². The maximum absolute atomic E-state index is 10.7. The van der Waals surface area contributed by atoms with E-state index in [1.54, 1.807) is 0 Å². The molecule has 0 spiro atoms. The van der Waals surface area contributed by atoms with E-state index < -0.39 is 15.6 Å². The molecular formula is C14H8F3NO3S2. The van der Waals surface area contributed by atoms with Crippen molar-refractivity contribution in [3.05, 3.63) is 48.5 Å². The van der Waals surface area contributed by atoms with E-state index in [9.17, 15) is 18.4 Å². The van der Waals surface area contributed by atoms with Gasteiger partial charge in [-0.05, 0) is 24.3 Å². The first-order chi connectivity index (χ1) is 10.7. The van der Waals surface area contributed by atoms with Crippen LogP contribution < -0.4 is 0 Å². The molecule has 0 amide bonds. The summed E-state index contributed by atoms with van der Waals surface area (Å²) in [5.41, 5.74) is -5.65. The molecule has 0 radical (unpaired) electrons. The number of rotatable bonds is 0. The zero-order valence-electron chi connectivity index (χ0n) is 11.2. The quantitative estimate of drug-likeness (QED) is 0.343. The van der Waals surface area contributed by atoms with E-state index in [4.69, 9.17) is 13.0 Å². The Morgan fingerprint density at radius 3 is 1.61 bits per heavy atom. The third kappa shape index (κ3) is 3.44. The molecule has 0 saturated heterocycles. The second-order valence-electron chi connectivity index (χ2n) is 4.29. The summed E-state index contributed by atoms with van der Waals surface area (Å²) in [5, 5.41) is 14.1. The molecule has 9 heteroatoms. The zero-order valence-corrected chi connectivity index (χ0v) is 12.9. The molecule has 0 fully saturated rings. The molecule has 2 aromatic carbocycles. The molecule has 0 saturated carbocycles. The van der Waals surface area contributed by atoms with Crippen LogP contribution in [0.15, 0.2) is 48.5 Å². The van der Waals surface area contributed by atoms with Crippen molar-refractivity contribution in [2.24, 2.45) is 0 Å². The Hall–Kier alpha value is -2.15. The average molecular weight is 359 g/mol. The van der Waals surface area contributed by atoms with Crippen LogP contribution in [0, 0.1) is 10.7 Å². The van der Waals surface area contributed by atoms with E-state index in [1.807, 2.05) is 24.3 Å². The Morgan fingerprint density at radius 1 is 0.957 bits per heavy atom. The van der Waals surface area contributed by atoms with Crippen LogP contribution in [0.25, 0.3) is 20.2 Å². The first kappa shape index (κ1) is 17.2. The fourth-order valence-corrected chi connectivity index (χ4v) is 3.61. The SMILES string of the molecule is N#C[s+]1c2ccccc2c2ccccc21.O=S(=O)([O-])C(F)(F)F. The Balaban J connectivity index is 0.000000207. The lowest BCUT2D eigenvalue weighted by Gasteiger charge is -2.08. The molecule has 0 aliphatic rings. The van der Waals surface area contributed by atoms with E-state index in [0.29, 0.717) is 0 Å². The molecule has 23 heavy (non-hydrogen) atoms. The Labute approximate surface area is 132 Å². The zero-order chi connectivity index (χ0) is 17.3. The highest BCUT2D eigenvalue weighted by atomic mass is 32.2. The van der Waals surface area contributed by atoms with E-state index in [0.717, 1.165) is 0 Å². The first-order valence-corrected chi connectivity index (χ1v) is 8.64. The van der Waals surface area contributed by atoms with Crippen LogP contribution in [-0.2, 0) is 10.1 Å². The highest BCUT2D eigenvalue weighted by Gasteiger charge is 2.36. The van der Waals surface area contributed by atoms with Gasteiger partial charge in [0.1, 0.15) is 10.5 Å². The molecule has 120 valence electrons.